The minimum absolute atomic E-state index is 0.136. The summed E-state index contributed by atoms with van der Waals surface area (Å²) in [6, 6.07) is 9.63. The second-order valence-corrected chi connectivity index (χ2v) is 3.10. The van der Waals surface area contributed by atoms with Crippen molar-refractivity contribution in [3.05, 3.63) is 42.1 Å². The zero-order valence-electron chi connectivity index (χ0n) is 8.32. The monoisotopic (exact) mass is 201 g/mol. The van der Waals surface area contributed by atoms with Crippen LogP contribution in [-0.4, -0.2) is 23.2 Å². The van der Waals surface area contributed by atoms with E-state index in [9.17, 15) is 4.79 Å². The van der Waals surface area contributed by atoms with Crippen molar-refractivity contribution in [2.75, 3.05) is 7.05 Å². The lowest BCUT2D eigenvalue weighted by Gasteiger charge is -2.01. The molecule has 2 rings (SSSR count). The zero-order valence-corrected chi connectivity index (χ0v) is 8.32. The van der Waals surface area contributed by atoms with Crippen LogP contribution in [0.4, 0.5) is 0 Å². The van der Waals surface area contributed by atoms with E-state index in [4.69, 9.17) is 0 Å². The number of aromatic amines is 1. The molecule has 4 heteroatoms. The van der Waals surface area contributed by atoms with Gasteiger partial charge in [0.2, 0.25) is 0 Å². The summed E-state index contributed by atoms with van der Waals surface area (Å²) in [5.41, 5.74) is 2.26. The molecule has 0 saturated heterocycles. The molecule has 0 spiro atoms. The molecule has 1 aromatic heterocycles. The van der Waals surface area contributed by atoms with Crippen molar-refractivity contribution in [3.63, 3.8) is 0 Å². The lowest BCUT2D eigenvalue weighted by molar-refractivity contribution is 0.0964. The van der Waals surface area contributed by atoms with E-state index in [1.807, 2.05) is 30.3 Å². The molecule has 0 aliphatic rings. The van der Waals surface area contributed by atoms with Gasteiger partial charge in [-0.2, -0.15) is 5.10 Å². The van der Waals surface area contributed by atoms with Gasteiger partial charge in [-0.1, -0.05) is 30.3 Å². The number of hydrogen-bond acceptors (Lipinski definition) is 2. The summed E-state index contributed by atoms with van der Waals surface area (Å²) in [5, 5.41) is 9.29. The maximum Gasteiger partial charge on any atom is 0.254 e. The molecule has 1 heterocycles. The fourth-order valence-electron chi connectivity index (χ4n) is 1.42. The Bertz CT molecular complexity index is 462. The van der Waals surface area contributed by atoms with Crippen LogP contribution in [0.2, 0.25) is 0 Å². The summed E-state index contributed by atoms with van der Waals surface area (Å²) in [6.45, 7) is 0. The Morgan fingerprint density at radius 1 is 1.33 bits per heavy atom. The largest absolute Gasteiger partial charge is 0.355 e. The predicted octanol–water partition coefficient (Wildman–Crippen LogP) is 1.44. The van der Waals surface area contributed by atoms with Gasteiger partial charge in [-0.15, -0.1) is 0 Å². The second-order valence-electron chi connectivity index (χ2n) is 3.10. The lowest BCUT2D eigenvalue weighted by atomic mass is 10.1. The van der Waals surface area contributed by atoms with Crippen LogP contribution in [0.3, 0.4) is 0 Å². The van der Waals surface area contributed by atoms with E-state index in [1.54, 1.807) is 7.05 Å². The molecule has 1 amide bonds. The maximum absolute atomic E-state index is 11.5. The number of nitrogens with one attached hydrogen (secondary N) is 2. The summed E-state index contributed by atoms with van der Waals surface area (Å²) in [4.78, 5) is 11.5. The SMILES string of the molecule is CNC(=O)c1cn[nH]c1-c1ccccc1. The molecule has 76 valence electrons. The molecular weight excluding hydrogens is 190 g/mol. The molecule has 0 atom stereocenters. The minimum atomic E-state index is -0.136. The minimum Gasteiger partial charge on any atom is -0.355 e. The molecular formula is C11H11N3O. The number of nitrogens with zero attached hydrogens (tertiary/aromatic N) is 1. The highest BCUT2D eigenvalue weighted by molar-refractivity contribution is 5.99. The van der Waals surface area contributed by atoms with Gasteiger partial charge < -0.3 is 5.32 Å². The normalized spacial score (nSPS) is 9.93. The summed E-state index contributed by atoms with van der Waals surface area (Å²) in [7, 11) is 1.60. The first kappa shape index (κ1) is 9.45. The molecule has 1 aromatic carbocycles. The number of rotatable bonds is 2. The van der Waals surface area contributed by atoms with Gasteiger partial charge in [0.1, 0.15) is 0 Å². The quantitative estimate of drug-likeness (QED) is 0.772. The van der Waals surface area contributed by atoms with Gasteiger partial charge >= 0.3 is 0 Å². The van der Waals surface area contributed by atoms with E-state index in [0.717, 1.165) is 11.3 Å². The standard InChI is InChI=1S/C11H11N3O/c1-12-11(15)9-7-13-14-10(9)8-5-3-2-4-6-8/h2-7H,1H3,(H,12,15)(H,13,14). The molecule has 0 bridgehead atoms. The first-order chi connectivity index (χ1) is 7.33. The Balaban J connectivity index is 2.46. The number of benzene rings is 1. The second kappa shape index (κ2) is 3.96. The first-order valence-electron chi connectivity index (χ1n) is 4.64. The number of carbonyl (C=O) groups excluding carboxylic acids is 1. The fraction of sp³-hybridized carbons (Fsp3) is 0.0909. The molecule has 0 saturated carbocycles. The van der Waals surface area contributed by atoms with E-state index in [2.05, 4.69) is 15.5 Å². The van der Waals surface area contributed by atoms with Crippen LogP contribution >= 0.6 is 0 Å². The van der Waals surface area contributed by atoms with E-state index in [-0.39, 0.29) is 5.91 Å². The van der Waals surface area contributed by atoms with Gasteiger partial charge in [-0.3, -0.25) is 9.89 Å². The van der Waals surface area contributed by atoms with Crippen molar-refractivity contribution in [2.45, 2.75) is 0 Å². The average Bonchev–Trinajstić information content (AvgIpc) is 2.78. The molecule has 2 aromatic rings. The van der Waals surface area contributed by atoms with Crippen molar-refractivity contribution in [2.24, 2.45) is 0 Å². The zero-order chi connectivity index (χ0) is 10.7. The van der Waals surface area contributed by atoms with Crippen molar-refractivity contribution in [1.82, 2.24) is 15.5 Å². The van der Waals surface area contributed by atoms with Crippen LogP contribution in [0.5, 0.6) is 0 Å². The Morgan fingerprint density at radius 3 is 2.73 bits per heavy atom. The van der Waals surface area contributed by atoms with Gasteiger partial charge in [0.15, 0.2) is 0 Å². The number of hydrogen-bond donors (Lipinski definition) is 2. The van der Waals surface area contributed by atoms with Gasteiger partial charge in [0.25, 0.3) is 5.91 Å². The Labute approximate surface area is 87.3 Å². The van der Waals surface area contributed by atoms with Crippen LogP contribution in [0.1, 0.15) is 10.4 Å². The van der Waals surface area contributed by atoms with Crippen LogP contribution in [0.15, 0.2) is 36.5 Å². The summed E-state index contributed by atoms with van der Waals surface area (Å²) < 4.78 is 0. The van der Waals surface area contributed by atoms with Crippen LogP contribution in [0, 0.1) is 0 Å². The highest BCUT2D eigenvalue weighted by Crippen LogP contribution is 2.20. The lowest BCUT2D eigenvalue weighted by Crippen LogP contribution is -2.17. The number of aromatic nitrogens is 2. The molecule has 15 heavy (non-hydrogen) atoms. The smallest absolute Gasteiger partial charge is 0.254 e. The third-order valence-corrected chi connectivity index (χ3v) is 2.17. The molecule has 0 fully saturated rings. The number of H-pyrrole nitrogens is 1. The summed E-state index contributed by atoms with van der Waals surface area (Å²) >= 11 is 0. The Kier molecular flexibility index (Phi) is 2.49. The average molecular weight is 201 g/mol. The van der Waals surface area contributed by atoms with Crippen molar-refractivity contribution < 1.29 is 4.79 Å². The van der Waals surface area contributed by atoms with Gasteiger partial charge in [-0.25, -0.2) is 0 Å². The van der Waals surface area contributed by atoms with Gasteiger partial charge in [-0.05, 0) is 0 Å². The van der Waals surface area contributed by atoms with Crippen LogP contribution < -0.4 is 5.32 Å². The van der Waals surface area contributed by atoms with E-state index in [1.165, 1.54) is 6.20 Å². The molecule has 0 unspecified atom stereocenters. The van der Waals surface area contributed by atoms with Crippen LogP contribution in [0.25, 0.3) is 11.3 Å². The van der Waals surface area contributed by atoms with Gasteiger partial charge in [0.05, 0.1) is 17.5 Å². The van der Waals surface area contributed by atoms with E-state index >= 15 is 0 Å². The maximum atomic E-state index is 11.5. The molecule has 0 aliphatic carbocycles. The first-order valence-corrected chi connectivity index (χ1v) is 4.64. The predicted molar refractivity (Wildman–Crippen MR) is 57.4 cm³/mol. The topological polar surface area (TPSA) is 57.8 Å². The van der Waals surface area contributed by atoms with Crippen molar-refractivity contribution >= 4 is 5.91 Å². The molecule has 0 radical (unpaired) electrons. The molecule has 2 N–H and O–H groups in total. The van der Waals surface area contributed by atoms with E-state index < -0.39 is 0 Å². The molecule has 4 nitrogen and oxygen atoms in total. The Hall–Kier alpha value is -2.10. The van der Waals surface area contributed by atoms with Crippen molar-refractivity contribution in [3.8, 4) is 11.3 Å². The third-order valence-electron chi connectivity index (χ3n) is 2.17. The fourth-order valence-corrected chi connectivity index (χ4v) is 1.42. The van der Waals surface area contributed by atoms with E-state index in [0.29, 0.717) is 5.56 Å². The summed E-state index contributed by atoms with van der Waals surface area (Å²) in [6.07, 6.45) is 1.53. The summed E-state index contributed by atoms with van der Waals surface area (Å²) in [5.74, 6) is -0.136. The molecule has 0 aliphatic heterocycles. The van der Waals surface area contributed by atoms with Crippen molar-refractivity contribution in [1.29, 1.82) is 0 Å². The van der Waals surface area contributed by atoms with Crippen LogP contribution in [-0.2, 0) is 0 Å². The number of carbonyl (C=O) groups is 1. The highest BCUT2D eigenvalue weighted by atomic mass is 16.1. The third kappa shape index (κ3) is 1.74. The number of amides is 1. The Morgan fingerprint density at radius 2 is 2.07 bits per heavy atom. The highest BCUT2D eigenvalue weighted by Gasteiger charge is 2.12. The van der Waals surface area contributed by atoms with Gasteiger partial charge in [0, 0.05) is 12.6 Å².